The second-order valence-corrected chi connectivity index (χ2v) is 5.56. The molecule has 0 saturated heterocycles. The minimum Gasteiger partial charge on any atom is -0.392 e. The maximum absolute atomic E-state index is 12.3. The van der Waals surface area contributed by atoms with Gasteiger partial charge in [-0.3, -0.25) is 4.79 Å². The van der Waals surface area contributed by atoms with Gasteiger partial charge in [0.2, 0.25) is 5.91 Å². The molecule has 1 aromatic heterocycles. The van der Waals surface area contributed by atoms with Gasteiger partial charge in [0.1, 0.15) is 0 Å². The number of hydrogen-bond donors (Lipinski definition) is 1. The molecule has 0 aliphatic rings. The van der Waals surface area contributed by atoms with Crippen LogP contribution in [0, 0.1) is 5.41 Å². The number of nitrogens with zero attached hydrogens (tertiary/aromatic N) is 1. The lowest BCUT2D eigenvalue weighted by atomic mass is 9.86. The van der Waals surface area contributed by atoms with Gasteiger partial charge in [0.25, 0.3) is 0 Å². The molecule has 1 heterocycles. The average Bonchev–Trinajstić information content (AvgIpc) is 2.79. The molecule has 1 atom stereocenters. The third kappa shape index (κ3) is 3.04. The zero-order valence-corrected chi connectivity index (χ0v) is 12.0. The first kappa shape index (κ1) is 14.1. The monoisotopic (exact) mass is 270 g/mol. The van der Waals surface area contributed by atoms with Gasteiger partial charge in [0.15, 0.2) is 0 Å². The first-order valence-corrected chi connectivity index (χ1v) is 6.83. The summed E-state index contributed by atoms with van der Waals surface area (Å²) < 4.78 is 0. The maximum atomic E-state index is 12.3. The molecule has 1 amide bonds. The van der Waals surface area contributed by atoms with Crippen LogP contribution in [0.3, 0.4) is 0 Å². The number of nitrogens with two attached hydrogens (primary N) is 1. The Morgan fingerprint density at radius 3 is 2.71 bits per heavy atom. The van der Waals surface area contributed by atoms with Crippen LogP contribution in [-0.2, 0) is 11.3 Å². The molecule has 0 aliphatic heterocycles. The van der Waals surface area contributed by atoms with E-state index in [9.17, 15) is 4.79 Å². The minimum atomic E-state index is -0.736. The Hall–Kier alpha value is -0.940. The van der Waals surface area contributed by atoms with Gasteiger partial charge in [-0.1, -0.05) is 19.1 Å². The average molecular weight is 270 g/mol. The molecule has 0 fully saturated rings. The van der Waals surface area contributed by atoms with E-state index in [2.05, 4.69) is 0 Å². The van der Waals surface area contributed by atoms with E-state index in [1.807, 2.05) is 30.7 Å². The molecule has 1 aromatic rings. The molecule has 0 bridgehead atoms. The van der Waals surface area contributed by atoms with Gasteiger partial charge in [-0.05, 0) is 35.7 Å². The van der Waals surface area contributed by atoms with E-state index >= 15 is 0 Å². The number of thiocarbonyl (C=S) groups is 1. The predicted octanol–water partition coefficient (Wildman–Crippen LogP) is 2.41. The Labute approximate surface area is 112 Å². The lowest BCUT2D eigenvalue weighted by molar-refractivity contribution is -0.136. The van der Waals surface area contributed by atoms with Crippen LogP contribution < -0.4 is 5.73 Å². The fraction of sp³-hybridized carbons (Fsp3) is 0.500. The van der Waals surface area contributed by atoms with Gasteiger partial charge >= 0.3 is 0 Å². The largest absolute Gasteiger partial charge is 0.392 e. The van der Waals surface area contributed by atoms with Crippen LogP contribution in [0.5, 0.6) is 0 Å². The molecular weight excluding hydrogens is 252 g/mol. The van der Waals surface area contributed by atoms with Crippen molar-refractivity contribution in [3.8, 4) is 0 Å². The SMILES string of the molecule is CCC(C)(C(=O)N(C)Cc1ccsc1)C(N)=S. The van der Waals surface area contributed by atoms with Crippen molar-refractivity contribution in [1.29, 1.82) is 0 Å². The quantitative estimate of drug-likeness (QED) is 0.836. The van der Waals surface area contributed by atoms with Crippen molar-refractivity contribution >= 4 is 34.5 Å². The van der Waals surface area contributed by atoms with Gasteiger partial charge in [0.05, 0.1) is 10.4 Å². The Morgan fingerprint density at radius 1 is 1.65 bits per heavy atom. The van der Waals surface area contributed by atoms with Crippen LogP contribution in [0.25, 0.3) is 0 Å². The molecular formula is C12H18N2OS2. The molecule has 0 saturated carbocycles. The number of thiophene rings is 1. The number of carbonyl (C=O) groups is 1. The first-order valence-electron chi connectivity index (χ1n) is 5.48. The van der Waals surface area contributed by atoms with Gasteiger partial charge in [0, 0.05) is 13.6 Å². The summed E-state index contributed by atoms with van der Waals surface area (Å²) in [5.74, 6) is -0.0151. The third-order valence-corrected chi connectivity index (χ3v) is 4.25. The van der Waals surface area contributed by atoms with Crippen LogP contribution >= 0.6 is 23.6 Å². The Morgan fingerprint density at radius 2 is 2.29 bits per heavy atom. The highest BCUT2D eigenvalue weighted by Crippen LogP contribution is 2.25. The summed E-state index contributed by atoms with van der Waals surface area (Å²) in [6.07, 6.45) is 0.620. The van der Waals surface area contributed by atoms with Crippen molar-refractivity contribution < 1.29 is 4.79 Å². The Balaban J connectivity index is 2.78. The summed E-state index contributed by atoms with van der Waals surface area (Å²) in [6.45, 7) is 4.33. The fourth-order valence-electron chi connectivity index (χ4n) is 1.58. The standard InChI is InChI=1S/C12H18N2OS2/c1-4-12(2,10(13)16)11(15)14(3)7-9-5-6-17-8-9/h5-6,8H,4,7H2,1-3H3,(H2,13,16). The number of carbonyl (C=O) groups excluding carboxylic acids is 1. The van der Waals surface area contributed by atoms with E-state index < -0.39 is 5.41 Å². The summed E-state index contributed by atoms with van der Waals surface area (Å²) in [6, 6.07) is 2.01. The van der Waals surface area contributed by atoms with Gasteiger partial charge < -0.3 is 10.6 Å². The van der Waals surface area contributed by atoms with Crippen LogP contribution in [0.15, 0.2) is 16.8 Å². The highest BCUT2D eigenvalue weighted by atomic mass is 32.1. The first-order chi connectivity index (χ1) is 7.91. The highest BCUT2D eigenvalue weighted by Gasteiger charge is 2.36. The third-order valence-electron chi connectivity index (χ3n) is 3.07. The predicted molar refractivity (Wildman–Crippen MR) is 76.0 cm³/mol. The van der Waals surface area contributed by atoms with Crippen LogP contribution in [0.2, 0.25) is 0 Å². The summed E-state index contributed by atoms with van der Waals surface area (Å²) in [5.41, 5.74) is 6.08. The normalized spacial score (nSPS) is 14.1. The molecule has 0 radical (unpaired) electrons. The zero-order valence-electron chi connectivity index (χ0n) is 10.4. The van der Waals surface area contributed by atoms with Crippen LogP contribution in [-0.4, -0.2) is 22.8 Å². The summed E-state index contributed by atoms with van der Waals surface area (Å²) in [4.78, 5) is 14.3. The number of amides is 1. The molecule has 0 aromatic carbocycles. The molecule has 94 valence electrons. The summed E-state index contributed by atoms with van der Waals surface area (Å²) in [5, 5.41) is 4.04. The molecule has 3 nitrogen and oxygen atoms in total. The van der Waals surface area contributed by atoms with Crippen LogP contribution in [0.4, 0.5) is 0 Å². The van der Waals surface area contributed by atoms with Gasteiger partial charge in [-0.2, -0.15) is 11.3 Å². The van der Waals surface area contributed by atoms with E-state index in [1.54, 1.807) is 23.3 Å². The van der Waals surface area contributed by atoms with Crippen molar-refractivity contribution in [2.75, 3.05) is 7.05 Å². The van der Waals surface area contributed by atoms with E-state index in [4.69, 9.17) is 18.0 Å². The molecule has 0 spiro atoms. The highest BCUT2D eigenvalue weighted by molar-refractivity contribution is 7.80. The van der Waals surface area contributed by atoms with Gasteiger partial charge in [-0.15, -0.1) is 0 Å². The minimum absolute atomic E-state index is 0.0151. The van der Waals surface area contributed by atoms with Crippen molar-refractivity contribution in [1.82, 2.24) is 4.90 Å². The van der Waals surface area contributed by atoms with E-state index in [0.29, 0.717) is 13.0 Å². The second kappa shape index (κ2) is 5.60. The Bertz CT molecular complexity index is 403. The smallest absolute Gasteiger partial charge is 0.235 e. The van der Waals surface area contributed by atoms with Crippen LogP contribution in [0.1, 0.15) is 25.8 Å². The zero-order chi connectivity index (χ0) is 13.1. The molecule has 1 rings (SSSR count). The Kier molecular flexibility index (Phi) is 4.65. The lowest BCUT2D eigenvalue weighted by Gasteiger charge is -2.30. The van der Waals surface area contributed by atoms with E-state index in [1.165, 1.54) is 0 Å². The number of rotatable bonds is 5. The summed E-state index contributed by atoms with van der Waals surface area (Å²) in [7, 11) is 1.78. The van der Waals surface area contributed by atoms with Crippen molar-refractivity contribution in [2.45, 2.75) is 26.8 Å². The topological polar surface area (TPSA) is 46.3 Å². The fourth-order valence-corrected chi connectivity index (χ4v) is 2.47. The summed E-state index contributed by atoms with van der Waals surface area (Å²) >= 11 is 6.63. The molecule has 17 heavy (non-hydrogen) atoms. The second-order valence-electron chi connectivity index (χ2n) is 4.34. The lowest BCUT2D eigenvalue weighted by Crippen LogP contribution is -2.46. The molecule has 0 aliphatic carbocycles. The number of hydrogen-bond acceptors (Lipinski definition) is 3. The van der Waals surface area contributed by atoms with Crippen molar-refractivity contribution in [2.24, 2.45) is 11.1 Å². The molecule has 2 N–H and O–H groups in total. The van der Waals surface area contributed by atoms with Gasteiger partial charge in [-0.25, -0.2) is 0 Å². The van der Waals surface area contributed by atoms with Crippen molar-refractivity contribution in [3.05, 3.63) is 22.4 Å². The molecule has 1 unspecified atom stereocenters. The van der Waals surface area contributed by atoms with E-state index in [0.717, 1.165) is 5.56 Å². The van der Waals surface area contributed by atoms with E-state index in [-0.39, 0.29) is 10.9 Å². The maximum Gasteiger partial charge on any atom is 0.235 e. The molecule has 5 heteroatoms. The van der Waals surface area contributed by atoms with Crippen molar-refractivity contribution in [3.63, 3.8) is 0 Å².